The Morgan fingerprint density at radius 2 is 1.85 bits per heavy atom. The minimum Gasteiger partial charge on any atom is -0.481 e. The molecule has 5 rings (SSSR count). The number of nitrogens with one attached hydrogen (secondary N) is 1. The quantitative estimate of drug-likeness (QED) is 0.141. The summed E-state index contributed by atoms with van der Waals surface area (Å²) < 4.78 is 22.3. The zero-order valence-electron chi connectivity index (χ0n) is 26.6. The number of carbonyl (C=O) groups is 6. The molecule has 0 radical (unpaired) electrons. The van der Waals surface area contributed by atoms with Crippen LogP contribution in [0.1, 0.15) is 62.6 Å². The van der Waals surface area contributed by atoms with E-state index in [4.69, 9.17) is 24.1 Å². The fraction of sp³-hybridized carbons (Fsp3) is 0.562. The predicted molar refractivity (Wildman–Crippen MR) is 159 cm³/mol. The van der Waals surface area contributed by atoms with E-state index < -0.39 is 84.0 Å². The standard InChI is InChI=1S/C32H38N2O14/c1-15(28(40)33-19(29(41)42)12-23(37)38)45-30(43)21(46-16(2)36)13-24(39)47-20-7-9-32(44)22-11-17-5-6-18(14-35)26-25(17)31(32,27(20)48-26)8-4-10-34(22)3/h5-7,15,19,21-22,27,35,44H,4,8-14H2,1-3H3,(H,33,40)(H,37,38)(H,41,42)/t15-,19-,21-,22+,27-,31-,32+/m0/s1. The van der Waals surface area contributed by atoms with Gasteiger partial charge in [-0.15, -0.1) is 0 Å². The van der Waals surface area contributed by atoms with Gasteiger partial charge in [-0.3, -0.25) is 19.2 Å². The minimum atomic E-state index is -1.86. The minimum absolute atomic E-state index is 0.0850. The SMILES string of the molecule is CC(=O)O[C@@H](CC(=O)OC1=CC[C@@]2(O)[C@H]3Cc4ccc(CO)c5c4[C@@]2(CCCN3C)[C@H]1O5)C(=O)O[C@@H](C)C(=O)N[C@@H](CC(=O)O)C(=O)O. The second-order valence-corrected chi connectivity index (χ2v) is 12.6. The van der Waals surface area contributed by atoms with Crippen LogP contribution in [-0.4, -0.2) is 111 Å². The van der Waals surface area contributed by atoms with Crippen LogP contribution in [0.2, 0.25) is 0 Å². The highest BCUT2D eigenvalue weighted by Crippen LogP contribution is 2.64. The lowest BCUT2D eigenvalue weighted by atomic mass is 9.52. The van der Waals surface area contributed by atoms with Crippen molar-refractivity contribution in [3.63, 3.8) is 0 Å². The molecule has 2 aliphatic heterocycles. The average Bonchev–Trinajstić information content (AvgIpc) is 3.35. The van der Waals surface area contributed by atoms with E-state index in [1.54, 1.807) is 12.1 Å². The largest absolute Gasteiger partial charge is 0.481 e. The molecule has 1 aromatic rings. The predicted octanol–water partition coefficient (Wildman–Crippen LogP) is -0.312. The molecule has 1 fully saturated rings. The van der Waals surface area contributed by atoms with Crippen LogP contribution in [0.25, 0.3) is 0 Å². The van der Waals surface area contributed by atoms with Gasteiger partial charge in [-0.1, -0.05) is 12.1 Å². The number of esters is 3. The highest BCUT2D eigenvalue weighted by atomic mass is 16.6. The van der Waals surface area contributed by atoms with Gasteiger partial charge in [-0.2, -0.15) is 0 Å². The number of carbonyl (C=O) groups excluding carboxylic acids is 4. The Balaban J connectivity index is 1.35. The van der Waals surface area contributed by atoms with E-state index in [1.165, 1.54) is 0 Å². The summed E-state index contributed by atoms with van der Waals surface area (Å²) in [6, 6.07) is 1.63. The Labute approximate surface area is 274 Å². The lowest BCUT2D eigenvalue weighted by Gasteiger charge is -2.56. The molecule has 16 nitrogen and oxygen atoms in total. The number of hydrogen-bond donors (Lipinski definition) is 5. The van der Waals surface area contributed by atoms with Crippen molar-refractivity contribution in [1.82, 2.24) is 10.2 Å². The number of benzene rings is 1. The first-order valence-electron chi connectivity index (χ1n) is 15.5. The maximum atomic E-state index is 13.3. The number of likely N-dealkylation sites (N-methyl/N-ethyl adjacent to an activating group) is 1. The van der Waals surface area contributed by atoms with Crippen molar-refractivity contribution in [2.75, 3.05) is 13.6 Å². The van der Waals surface area contributed by atoms with E-state index >= 15 is 0 Å². The van der Waals surface area contributed by atoms with Crippen molar-refractivity contribution in [2.45, 2.75) is 100 Å². The van der Waals surface area contributed by atoms with E-state index in [0.717, 1.165) is 25.0 Å². The lowest BCUT2D eigenvalue weighted by molar-refractivity contribution is -0.175. The number of aliphatic carboxylic acids is 2. The number of likely N-dealkylation sites (tertiary alicyclic amines) is 1. The van der Waals surface area contributed by atoms with E-state index in [9.17, 15) is 44.1 Å². The van der Waals surface area contributed by atoms with Crippen LogP contribution in [0.4, 0.5) is 0 Å². The zero-order chi connectivity index (χ0) is 35.1. The lowest BCUT2D eigenvalue weighted by Crippen LogP contribution is -2.69. The van der Waals surface area contributed by atoms with Gasteiger partial charge in [-0.25, -0.2) is 9.59 Å². The number of carboxylic acid groups (broad SMARTS) is 2. The summed E-state index contributed by atoms with van der Waals surface area (Å²) >= 11 is 0. The summed E-state index contributed by atoms with van der Waals surface area (Å²) in [5, 5.41) is 42.6. The molecule has 1 aromatic carbocycles. The molecule has 1 saturated heterocycles. The highest BCUT2D eigenvalue weighted by Gasteiger charge is 2.70. The summed E-state index contributed by atoms with van der Waals surface area (Å²) in [5.41, 5.74) is -0.0244. The van der Waals surface area contributed by atoms with Gasteiger partial charge in [0.15, 0.2) is 12.2 Å². The van der Waals surface area contributed by atoms with Crippen molar-refractivity contribution < 1.29 is 68.1 Å². The van der Waals surface area contributed by atoms with Gasteiger partial charge in [0.1, 0.15) is 17.6 Å². The van der Waals surface area contributed by atoms with Crippen molar-refractivity contribution in [1.29, 1.82) is 0 Å². The van der Waals surface area contributed by atoms with Crippen LogP contribution in [0, 0.1) is 0 Å². The van der Waals surface area contributed by atoms with E-state index in [1.807, 2.05) is 18.4 Å². The first-order chi connectivity index (χ1) is 22.6. The Morgan fingerprint density at radius 1 is 1.12 bits per heavy atom. The second-order valence-electron chi connectivity index (χ2n) is 12.6. The van der Waals surface area contributed by atoms with Gasteiger partial charge < -0.3 is 49.6 Å². The summed E-state index contributed by atoms with van der Waals surface area (Å²) in [5.74, 6) is -7.02. The average molecular weight is 675 g/mol. The fourth-order valence-corrected chi connectivity index (χ4v) is 7.55. The van der Waals surface area contributed by atoms with Crippen LogP contribution < -0.4 is 10.1 Å². The van der Waals surface area contributed by atoms with Crippen molar-refractivity contribution in [3.8, 4) is 5.75 Å². The molecular weight excluding hydrogens is 636 g/mol. The molecule has 2 aliphatic carbocycles. The molecule has 5 N–H and O–H groups in total. The number of amides is 1. The molecule has 4 aliphatic rings. The zero-order valence-corrected chi connectivity index (χ0v) is 26.6. The molecule has 1 spiro atoms. The van der Waals surface area contributed by atoms with Crippen LogP contribution >= 0.6 is 0 Å². The van der Waals surface area contributed by atoms with Crippen LogP contribution in [-0.2, 0) is 61.4 Å². The smallest absolute Gasteiger partial charge is 0.348 e. The van der Waals surface area contributed by atoms with Crippen LogP contribution in [0.5, 0.6) is 5.75 Å². The monoisotopic (exact) mass is 674 g/mol. The molecule has 7 atom stereocenters. The van der Waals surface area contributed by atoms with E-state index in [2.05, 4.69) is 4.90 Å². The van der Waals surface area contributed by atoms with Crippen LogP contribution in [0.3, 0.4) is 0 Å². The third-order valence-electron chi connectivity index (χ3n) is 9.66. The molecule has 16 heteroatoms. The summed E-state index contributed by atoms with van der Waals surface area (Å²) in [4.78, 5) is 75.0. The molecule has 2 bridgehead atoms. The number of rotatable bonds is 12. The summed E-state index contributed by atoms with van der Waals surface area (Å²) in [6.45, 7) is 2.46. The Bertz CT molecular complexity index is 1570. The highest BCUT2D eigenvalue weighted by molar-refractivity contribution is 5.91. The topological polar surface area (TPSA) is 236 Å². The van der Waals surface area contributed by atoms with Gasteiger partial charge in [-0.05, 0) is 51.4 Å². The van der Waals surface area contributed by atoms with Gasteiger partial charge >= 0.3 is 29.8 Å². The number of carboxylic acids is 2. The fourth-order valence-electron chi connectivity index (χ4n) is 7.55. The molecular formula is C32H38N2O14. The molecule has 260 valence electrons. The van der Waals surface area contributed by atoms with Crippen molar-refractivity contribution >= 4 is 35.8 Å². The van der Waals surface area contributed by atoms with Crippen molar-refractivity contribution in [3.05, 3.63) is 40.7 Å². The Morgan fingerprint density at radius 3 is 2.50 bits per heavy atom. The first kappa shape index (κ1) is 34.8. The molecule has 0 unspecified atom stereocenters. The van der Waals surface area contributed by atoms with Gasteiger partial charge in [0.25, 0.3) is 5.91 Å². The third kappa shape index (κ3) is 5.99. The van der Waals surface area contributed by atoms with Gasteiger partial charge in [0.2, 0.25) is 6.10 Å². The summed E-state index contributed by atoms with van der Waals surface area (Å²) in [7, 11) is 1.96. The van der Waals surface area contributed by atoms with E-state index in [0.29, 0.717) is 37.1 Å². The molecule has 1 amide bonds. The number of nitrogens with zero attached hydrogens (tertiary/aromatic N) is 1. The Kier molecular flexibility index (Phi) is 9.54. The summed E-state index contributed by atoms with van der Waals surface area (Å²) in [6.07, 6.45) is -2.80. The molecule has 2 heterocycles. The first-order valence-corrected chi connectivity index (χ1v) is 15.5. The number of hydrogen-bond acceptors (Lipinski definition) is 13. The number of ether oxygens (including phenoxy) is 4. The molecule has 0 saturated carbocycles. The van der Waals surface area contributed by atoms with Crippen LogP contribution in [0.15, 0.2) is 24.0 Å². The Hall–Kier alpha value is -4.54. The normalized spacial score (nSPS) is 27.1. The maximum absolute atomic E-state index is 13.3. The molecule has 0 aromatic heterocycles. The van der Waals surface area contributed by atoms with Crippen molar-refractivity contribution in [2.24, 2.45) is 0 Å². The maximum Gasteiger partial charge on any atom is 0.348 e. The van der Waals surface area contributed by atoms with Gasteiger partial charge in [0.05, 0.1) is 30.5 Å². The number of aliphatic hydroxyl groups is 2. The third-order valence-corrected chi connectivity index (χ3v) is 9.66. The van der Waals surface area contributed by atoms with Gasteiger partial charge in [0, 0.05) is 30.5 Å². The number of aliphatic hydroxyl groups excluding tert-OH is 1. The van der Waals surface area contributed by atoms with E-state index in [-0.39, 0.29) is 24.8 Å². The second kappa shape index (κ2) is 13.2. The molecule has 48 heavy (non-hydrogen) atoms.